The topological polar surface area (TPSA) is 55.1 Å². The van der Waals surface area contributed by atoms with Crippen molar-refractivity contribution in [1.29, 1.82) is 0 Å². The van der Waals surface area contributed by atoms with E-state index >= 15 is 0 Å². The van der Waals surface area contributed by atoms with E-state index in [0.717, 1.165) is 19.3 Å². The maximum atomic E-state index is 12.5. The number of aryl methyl sites for hydroxylation is 1. The number of halogens is 1. The third kappa shape index (κ3) is 2.36. The Labute approximate surface area is 132 Å². The van der Waals surface area contributed by atoms with E-state index in [1.807, 2.05) is 0 Å². The Morgan fingerprint density at radius 1 is 1.38 bits per heavy atom. The van der Waals surface area contributed by atoms with Crippen LogP contribution in [0, 0.1) is 11.8 Å². The Kier molecular flexibility index (Phi) is 3.74. The van der Waals surface area contributed by atoms with Gasteiger partial charge in [-0.3, -0.25) is 4.79 Å². The molecule has 114 valence electrons. The summed E-state index contributed by atoms with van der Waals surface area (Å²) < 4.78 is 0. The Morgan fingerprint density at radius 2 is 2.14 bits per heavy atom. The Bertz CT molecular complexity index is 557. The standard InChI is InChI=1S/C17H22N2O.ClH/c18-10-15(12-5-6-12)19-16(20)14-9-17(14)8-7-11-3-1-2-4-13(11)17;/h1-4,12,14-15H,5-10,18H2,(H,19,20);1H. The van der Waals surface area contributed by atoms with Gasteiger partial charge in [0, 0.05) is 23.9 Å². The van der Waals surface area contributed by atoms with Gasteiger partial charge in [0.2, 0.25) is 5.91 Å². The molecule has 1 amide bonds. The molecule has 0 bridgehead atoms. The minimum absolute atomic E-state index is 0. The summed E-state index contributed by atoms with van der Waals surface area (Å²) in [5.41, 5.74) is 8.82. The number of nitrogens with one attached hydrogen (secondary N) is 1. The molecular weight excluding hydrogens is 284 g/mol. The van der Waals surface area contributed by atoms with Gasteiger partial charge in [-0.25, -0.2) is 0 Å². The van der Waals surface area contributed by atoms with E-state index in [9.17, 15) is 4.79 Å². The van der Waals surface area contributed by atoms with E-state index in [1.165, 1.54) is 24.0 Å². The Hall–Kier alpha value is -1.06. The molecule has 2 saturated carbocycles. The van der Waals surface area contributed by atoms with Gasteiger partial charge in [-0.1, -0.05) is 24.3 Å². The van der Waals surface area contributed by atoms with E-state index in [2.05, 4.69) is 29.6 Å². The molecule has 1 aromatic rings. The van der Waals surface area contributed by atoms with E-state index in [-0.39, 0.29) is 35.7 Å². The Morgan fingerprint density at radius 3 is 2.86 bits per heavy atom. The van der Waals surface area contributed by atoms with Crippen molar-refractivity contribution in [3.8, 4) is 0 Å². The molecule has 0 aromatic heterocycles. The van der Waals surface area contributed by atoms with Crippen LogP contribution >= 0.6 is 12.4 Å². The van der Waals surface area contributed by atoms with Gasteiger partial charge >= 0.3 is 0 Å². The fourth-order valence-corrected chi connectivity index (χ4v) is 4.09. The molecule has 4 heteroatoms. The average molecular weight is 307 g/mol. The average Bonchev–Trinajstić information content (AvgIpc) is 3.35. The highest BCUT2D eigenvalue weighted by Crippen LogP contribution is 2.61. The maximum absolute atomic E-state index is 12.5. The number of carbonyl (C=O) groups is 1. The van der Waals surface area contributed by atoms with Crippen molar-refractivity contribution < 1.29 is 4.79 Å². The molecule has 0 saturated heterocycles. The molecule has 3 aliphatic rings. The van der Waals surface area contributed by atoms with Gasteiger partial charge < -0.3 is 11.1 Å². The Balaban J connectivity index is 0.00000132. The normalized spacial score (nSPS) is 30.4. The van der Waals surface area contributed by atoms with E-state index < -0.39 is 0 Å². The van der Waals surface area contributed by atoms with E-state index in [4.69, 9.17) is 5.73 Å². The van der Waals surface area contributed by atoms with Gasteiger partial charge in [-0.2, -0.15) is 0 Å². The van der Waals surface area contributed by atoms with Crippen molar-refractivity contribution in [2.24, 2.45) is 17.6 Å². The fraction of sp³-hybridized carbons (Fsp3) is 0.588. The van der Waals surface area contributed by atoms with Crippen LogP contribution in [0.2, 0.25) is 0 Å². The molecule has 3 N–H and O–H groups in total. The number of fused-ring (bicyclic) bond motifs is 2. The zero-order valence-electron chi connectivity index (χ0n) is 12.2. The number of carbonyl (C=O) groups excluding carboxylic acids is 1. The van der Waals surface area contributed by atoms with Crippen LogP contribution in [0.25, 0.3) is 0 Å². The summed E-state index contributed by atoms with van der Waals surface area (Å²) in [5.74, 6) is 1.05. The lowest BCUT2D eigenvalue weighted by atomic mass is 9.95. The second-order valence-corrected chi connectivity index (χ2v) is 6.76. The number of benzene rings is 1. The van der Waals surface area contributed by atoms with Crippen LogP contribution in [0.1, 0.15) is 36.8 Å². The van der Waals surface area contributed by atoms with Crippen LogP contribution < -0.4 is 11.1 Å². The molecule has 3 unspecified atom stereocenters. The molecule has 3 atom stereocenters. The maximum Gasteiger partial charge on any atom is 0.224 e. The molecule has 21 heavy (non-hydrogen) atoms. The number of hydrogen-bond acceptors (Lipinski definition) is 2. The first-order chi connectivity index (χ1) is 9.74. The highest BCUT2D eigenvalue weighted by Gasteiger charge is 2.61. The number of amides is 1. The van der Waals surface area contributed by atoms with Crippen LogP contribution in [0.4, 0.5) is 0 Å². The van der Waals surface area contributed by atoms with Gasteiger partial charge in [0.15, 0.2) is 0 Å². The monoisotopic (exact) mass is 306 g/mol. The summed E-state index contributed by atoms with van der Waals surface area (Å²) in [5, 5.41) is 3.21. The van der Waals surface area contributed by atoms with Crippen molar-refractivity contribution in [1.82, 2.24) is 5.32 Å². The third-order valence-corrected chi connectivity index (χ3v) is 5.56. The highest BCUT2D eigenvalue weighted by molar-refractivity contribution is 5.85. The number of rotatable bonds is 4. The second-order valence-electron chi connectivity index (χ2n) is 6.76. The fourth-order valence-electron chi connectivity index (χ4n) is 4.09. The summed E-state index contributed by atoms with van der Waals surface area (Å²) in [6.45, 7) is 0.576. The van der Waals surface area contributed by atoms with Crippen molar-refractivity contribution in [3.05, 3.63) is 35.4 Å². The first-order valence-corrected chi connectivity index (χ1v) is 7.83. The predicted octanol–water partition coefficient (Wildman–Crippen LogP) is 2.17. The van der Waals surface area contributed by atoms with Crippen molar-refractivity contribution in [2.75, 3.05) is 6.54 Å². The van der Waals surface area contributed by atoms with Crippen molar-refractivity contribution >= 4 is 18.3 Å². The van der Waals surface area contributed by atoms with Gasteiger partial charge in [-0.05, 0) is 49.1 Å². The van der Waals surface area contributed by atoms with Crippen LogP contribution in [-0.2, 0) is 16.6 Å². The van der Waals surface area contributed by atoms with Crippen LogP contribution in [0.5, 0.6) is 0 Å². The quantitative estimate of drug-likeness (QED) is 0.895. The zero-order chi connectivity index (χ0) is 13.7. The van der Waals surface area contributed by atoms with E-state index in [1.54, 1.807) is 0 Å². The van der Waals surface area contributed by atoms with Crippen LogP contribution in [-0.4, -0.2) is 18.5 Å². The lowest BCUT2D eigenvalue weighted by Gasteiger charge is -2.17. The molecule has 0 aliphatic heterocycles. The lowest BCUT2D eigenvalue weighted by molar-refractivity contribution is -0.123. The summed E-state index contributed by atoms with van der Waals surface area (Å²) in [6, 6.07) is 8.84. The third-order valence-electron chi connectivity index (χ3n) is 5.56. The molecule has 2 fully saturated rings. The summed E-state index contributed by atoms with van der Waals surface area (Å²) in [7, 11) is 0. The van der Waals surface area contributed by atoms with Crippen molar-refractivity contribution in [2.45, 2.75) is 43.6 Å². The largest absolute Gasteiger partial charge is 0.352 e. The summed E-state index contributed by atoms with van der Waals surface area (Å²) >= 11 is 0. The molecule has 0 heterocycles. The molecular formula is C17H23ClN2O. The van der Waals surface area contributed by atoms with E-state index in [0.29, 0.717) is 12.5 Å². The minimum Gasteiger partial charge on any atom is -0.352 e. The second kappa shape index (κ2) is 5.29. The molecule has 0 radical (unpaired) electrons. The zero-order valence-corrected chi connectivity index (χ0v) is 13.0. The van der Waals surface area contributed by atoms with Crippen LogP contribution in [0.15, 0.2) is 24.3 Å². The smallest absolute Gasteiger partial charge is 0.224 e. The van der Waals surface area contributed by atoms with Gasteiger partial charge in [0.05, 0.1) is 0 Å². The molecule has 1 aromatic carbocycles. The molecule has 3 aliphatic carbocycles. The summed E-state index contributed by atoms with van der Waals surface area (Å²) in [4.78, 5) is 12.5. The number of hydrogen-bond donors (Lipinski definition) is 2. The first-order valence-electron chi connectivity index (χ1n) is 7.83. The van der Waals surface area contributed by atoms with Gasteiger partial charge in [0.25, 0.3) is 0 Å². The summed E-state index contributed by atoms with van der Waals surface area (Å²) in [6.07, 6.45) is 5.74. The predicted molar refractivity (Wildman–Crippen MR) is 85.5 cm³/mol. The SMILES string of the molecule is Cl.NCC(NC(=O)C1CC12CCc1ccccc12)C1CC1. The van der Waals surface area contributed by atoms with Crippen LogP contribution in [0.3, 0.4) is 0 Å². The lowest BCUT2D eigenvalue weighted by Crippen LogP contribution is -2.43. The molecule has 4 rings (SSSR count). The first kappa shape index (κ1) is 14.9. The highest BCUT2D eigenvalue weighted by atomic mass is 35.5. The number of nitrogens with two attached hydrogens (primary N) is 1. The van der Waals surface area contributed by atoms with Gasteiger partial charge in [0.1, 0.15) is 0 Å². The van der Waals surface area contributed by atoms with Crippen molar-refractivity contribution in [3.63, 3.8) is 0 Å². The molecule has 1 spiro atoms. The molecule has 3 nitrogen and oxygen atoms in total. The van der Waals surface area contributed by atoms with Gasteiger partial charge in [-0.15, -0.1) is 12.4 Å². The minimum atomic E-state index is 0.